The van der Waals surface area contributed by atoms with Crippen molar-refractivity contribution in [2.75, 3.05) is 0 Å². The minimum absolute atomic E-state index is 0.0879. The Bertz CT molecular complexity index is 393. The number of halogens is 3. The smallest absolute Gasteiger partial charge is 0.306 e. The molecule has 2 nitrogen and oxygen atoms in total. The van der Waals surface area contributed by atoms with E-state index in [9.17, 15) is 13.6 Å². The summed E-state index contributed by atoms with van der Waals surface area (Å²) in [6.45, 7) is 1.48. The molecule has 0 bridgehead atoms. The molecule has 15 heavy (non-hydrogen) atoms. The Morgan fingerprint density at radius 2 is 2.13 bits per heavy atom. The van der Waals surface area contributed by atoms with Gasteiger partial charge in [-0.15, -0.1) is 0 Å². The maximum Gasteiger partial charge on any atom is 0.306 e. The van der Waals surface area contributed by atoms with Crippen molar-refractivity contribution in [3.63, 3.8) is 0 Å². The molecule has 82 valence electrons. The number of rotatable bonds is 3. The monoisotopic (exact) mass is 278 g/mol. The number of hydrogen-bond acceptors (Lipinski definition) is 1. The lowest BCUT2D eigenvalue weighted by Crippen LogP contribution is -2.13. The summed E-state index contributed by atoms with van der Waals surface area (Å²) in [6, 6.07) is 1.88. The zero-order valence-electron chi connectivity index (χ0n) is 7.93. The fraction of sp³-hybridized carbons (Fsp3) is 0.300. The van der Waals surface area contributed by atoms with E-state index < -0.39 is 23.5 Å². The van der Waals surface area contributed by atoms with Gasteiger partial charge in [-0.2, -0.15) is 0 Å². The van der Waals surface area contributed by atoms with E-state index >= 15 is 0 Å². The molecule has 0 fully saturated rings. The summed E-state index contributed by atoms with van der Waals surface area (Å²) >= 11 is 2.96. The maximum absolute atomic E-state index is 13.1. The van der Waals surface area contributed by atoms with Gasteiger partial charge in [-0.05, 0) is 34.0 Å². The first-order valence-corrected chi connectivity index (χ1v) is 5.07. The molecule has 0 heterocycles. The zero-order valence-corrected chi connectivity index (χ0v) is 9.51. The van der Waals surface area contributed by atoms with Gasteiger partial charge in [-0.25, -0.2) is 8.78 Å². The van der Waals surface area contributed by atoms with Crippen LogP contribution in [0.5, 0.6) is 0 Å². The third-order valence-corrected chi connectivity index (χ3v) is 2.90. The summed E-state index contributed by atoms with van der Waals surface area (Å²) in [5, 5.41) is 8.67. The lowest BCUT2D eigenvalue weighted by atomic mass is 10.0. The Labute approximate surface area is 94.0 Å². The van der Waals surface area contributed by atoms with Crippen molar-refractivity contribution in [1.29, 1.82) is 0 Å². The van der Waals surface area contributed by atoms with Crippen LogP contribution in [0, 0.1) is 17.6 Å². The first kappa shape index (κ1) is 12.1. The Morgan fingerprint density at radius 3 is 2.67 bits per heavy atom. The van der Waals surface area contributed by atoms with Crippen LogP contribution in [0.3, 0.4) is 0 Å². The van der Waals surface area contributed by atoms with E-state index in [1.807, 2.05) is 0 Å². The molecule has 1 aromatic carbocycles. The number of hydrogen-bond donors (Lipinski definition) is 1. The first-order chi connectivity index (χ1) is 6.91. The molecule has 1 atom stereocenters. The van der Waals surface area contributed by atoms with Crippen LogP contribution in [0.4, 0.5) is 8.78 Å². The summed E-state index contributed by atoms with van der Waals surface area (Å²) in [5.74, 6) is -3.10. The van der Waals surface area contributed by atoms with Gasteiger partial charge in [0.25, 0.3) is 0 Å². The quantitative estimate of drug-likeness (QED) is 0.863. The van der Waals surface area contributed by atoms with Crippen molar-refractivity contribution < 1.29 is 18.7 Å². The largest absolute Gasteiger partial charge is 0.481 e. The number of carboxylic acids is 1. The average Bonchev–Trinajstić information content (AvgIpc) is 2.13. The van der Waals surface area contributed by atoms with Crippen molar-refractivity contribution in [3.8, 4) is 0 Å². The van der Waals surface area contributed by atoms with Gasteiger partial charge in [0.05, 0.1) is 10.4 Å². The Balaban J connectivity index is 2.99. The van der Waals surface area contributed by atoms with E-state index in [1.165, 1.54) is 6.92 Å². The summed E-state index contributed by atoms with van der Waals surface area (Å²) < 4.78 is 26.0. The number of carboxylic acid groups (broad SMARTS) is 1. The first-order valence-electron chi connectivity index (χ1n) is 4.28. The minimum Gasteiger partial charge on any atom is -0.481 e. The topological polar surface area (TPSA) is 37.3 Å². The molecule has 1 aromatic rings. The highest BCUT2D eigenvalue weighted by atomic mass is 79.9. The SMILES string of the molecule is CC(Cc1cc(F)cc(F)c1Br)C(=O)O. The summed E-state index contributed by atoms with van der Waals surface area (Å²) in [7, 11) is 0. The highest BCUT2D eigenvalue weighted by Crippen LogP contribution is 2.24. The van der Waals surface area contributed by atoms with Gasteiger partial charge in [0.15, 0.2) is 0 Å². The molecule has 1 unspecified atom stereocenters. The van der Waals surface area contributed by atoms with Gasteiger partial charge in [-0.3, -0.25) is 4.79 Å². The number of carbonyl (C=O) groups is 1. The predicted molar refractivity (Wildman–Crippen MR) is 54.6 cm³/mol. The highest BCUT2D eigenvalue weighted by molar-refractivity contribution is 9.10. The molecule has 0 aliphatic heterocycles. The molecule has 0 saturated heterocycles. The Kier molecular flexibility index (Phi) is 3.79. The molecule has 0 radical (unpaired) electrons. The molecular weight excluding hydrogens is 270 g/mol. The standard InChI is InChI=1S/C10H9BrF2O2/c1-5(10(14)15)2-6-3-7(12)4-8(13)9(6)11/h3-5H,2H2,1H3,(H,14,15). The molecule has 0 aliphatic carbocycles. The zero-order chi connectivity index (χ0) is 11.6. The number of benzene rings is 1. The maximum atomic E-state index is 13.1. The molecular formula is C10H9BrF2O2. The Morgan fingerprint density at radius 1 is 1.53 bits per heavy atom. The fourth-order valence-electron chi connectivity index (χ4n) is 1.17. The van der Waals surface area contributed by atoms with E-state index in [0.717, 1.165) is 12.1 Å². The third kappa shape index (κ3) is 2.99. The predicted octanol–water partition coefficient (Wildman–Crippen LogP) is 2.99. The van der Waals surface area contributed by atoms with Crippen molar-refractivity contribution >= 4 is 21.9 Å². The average molecular weight is 279 g/mol. The van der Waals surface area contributed by atoms with Crippen LogP contribution in [-0.2, 0) is 11.2 Å². The van der Waals surface area contributed by atoms with Crippen molar-refractivity contribution in [2.24, 2.45) is 5.92 Å². The summed E-state index contributed by atoms with van der Waals surface area (Å²) in [5.41, 5.74) is 0.322. The third-order valence-electron chi connectivity index (χ3n) is 2.02. The normalized spacial score (nSPS) is 12.5. The fourth-order valence-corrected chi connectivity index (χ4v) is 1.57. The van der Waals surface area contributed by atoms with Gasteiger partial charge < -0.3 is 5.11 Å². The van der Waals surface area contributed by atoms with Crippen LogP contribution in [-0.4, -0.2) is 11.1 Å². The van der Waals surface area contributed by atoms with Crippen LogP contribution >= 0.6 is 15.9 Å². The van der Waals surface area contributed by atoms with E-state index in [-0.39, 0.29) is 10.9 Å². The molecule has 5 heteroatoms. The van der Waals surface area contributed by atoms with Gasteiger partial charge in [0.1, 0.15) is 11.6 Å². The van der Waals surface area contributed by atoms with Crippen molar-refractivity contribution in [1.82, 2.24) is 0 Å². The van der Waals surface area contributed by atoms with Crippen molar-refractivity contribution in [3.05, 3.63) is 33.8 Å². The Hall–Kier alpha value is -0.970. The van der Waals surface area contributed by atoms with Crippen molar-refractivity contribution in [2.45, 2.75) is 13.3 Å². The van der Waals surface area contributed by atoms with Crippen LogP contribution < -0.4 is 0 Å². The van der Waals surface area contributed by atoms with E-state index in [0.29, 0.717) is 5.56 Å². The highest BCUT2D eigenvalue weighted by Gasteiger charge is 2.16. The van der Waals surface area contributed by atoms with E-state index in [4.69, 9.17) is 5.11 Å². The molecule has 1 N–H and O–H groups in total. The van der Waals surface area contributed by atoms with E-state index in [2.05, 4.69) is 15.9 Å². The van der Waals surface area contributed by atoms with Crippen LogP contribution in [0.1, 0.15) is 12.5 Å². The van der Waals surface area contributed by atoms with E-state index in [1.54, 1.807) is 0 Å². The second-order valence-corrected chi connectivity index (χ2v) is 4.10. The summed E-state index contributed by atoms with van der Waals surface area (Å²) in [6.07, 6.45) is 0.0879. The lowest BCUT2D eigenvalue weighted by Gasteiger charge is -2.09. The lowest BCUT2D eigenvalue weighted by molar-refractivity contribution is -0.141. The second-order valence-electron chi connectivity index (χ2n) is 3.30. The van der Waals surface area contributed by atoms with Crippen LogP contribution in [0.15, 0.2) is 16.6 Å². The van der Waals surface area contributed by atoms with Crippen LogP contribution in [0.25, 0.3) is 0 Å². The van der Waals surface area contributed by atoms with Gasteiger partial charge in [-0.1, -0.05) is 6.92 Å². The molecule has 0 aliphatic rings. The van der Waals surface area contributed by atoms with Gasteiger partial charge in [0, 0.05) is 6.07 Å². The molecule has 0 spiro atoms. The second kappa shape index (κ2) is 4.70. The van der Waals surface area contributed by atoms with Gasteiger partial charge >= 0.3 is 5.97 Å². The minimum atomic E-state index is -0.994. The van der Waals surface area contributed by atoms with Gasteiger partial charge in [0.2, 0.25) is 0 Å². The summed E-state index contributed by atoms with van der Waals surface area (Å²) in [4.78, 5) is 10.6. The molecule has 0 aromatic heterocycles. The number of aliphatic carboxylic acids is 1. The molecule has 1 rings (SSSR count). The van der Waals surface area contributed by atoms with Crippen LogP contribution in [0.2, 0.25) is 0 Å². The molecule has 0 amide bonds. The molecule has 0 saturated carbocycles.